The second-order valence-electron chi connectivity index (χ2n) is 6.23. The van der Waals surface area contributed by atoms with Crippen molar-refractivity contribution in [3.8, 4) is 11.8 Å². The molecule has 0 saturated heterocycles. The molecule has 3 aromatic rings. The fourth-order valence-corrected chi connectivity index (χ4v) is 2.86. The molecule has 1 unspecified atom stereocenters. The van der Waals surface area contributed by atoms with E-state index in [0.717, 1.165) is 22.6 Å². The highest BCUT2D eigenvalue weighted by molar-refractivity contribution is 5.81. The van der Waals surface area contributed by atoms with Crippen LogP contribution in [0.1, 0.15) is 22.7 Å². The van der Waals surface area contributed by atoms with Crippen LogP contribution in [0.4, 0.5) is 5.69 Å². The van der Waals surface area contributed by atoms with Crippen molar-refractivity contribution in [3.63, 3.8) is 0 Å². The highest BCUT2D eigenvalue weighted by Gasteiger charge is 2.16. The zero-order valence-electron chi connectivity index (χ0n) is 15.6. The highest BCUT2D eigenvalue weighted by Crippen LogP contribution is 2.24. The number of nitrogens with zero attached hydrogens (tertiary/aromatic N) is 1. The van der Waals surface area contributed by atoms with Crippen molar-refractivity contribution in [2.75, 3.05) is 19.0 Å². The maximum Gasteiger partial charge on any atom is 0.240 e. The molecular formula is C23H21N3O2. The van der Waals surface area contributed by atoms with E-state index in [9.17, 15) is 4.79 Å². The molecule has 5 heteroatoms. The van der Waals surface area contributed by atoms with Gasteiger partial charge in [-0.1, -0.05) is 42.5 Å². The van der Waals surface area contributed by atoms with Gasteiger partial charge in [-0.25, -0.2) is 0 Å². The highest BCUT2D eigenvalue weighted by atomic mass is 16.5. The minimum atomic E-state index is -0.262. The van der Waals surface area contributed by atoms with Gasteiger partial charge in [0.25, 0.3) is 0 Å². The minimum absolute atomic E-state index is 0.130. The van der Waals surface area contributed by atoms with E-state index in [1.807, 2.05) is 54.6 Å². The first-order chi connectivity index (χ1) is 13.7. The molecule has 140 valence electrons. The van der Waals surface area contributed by atoms with E-state index in [-0.39, 0.29) is 18.5 Å². The second-order valence-corrected chi connectivity index (χ2v) is 6.23. The largest absolute Gasteiger partial charge is 0.497 e. The average molecular weight is 371 g/mol. The molecule has 0 radical (unpaired) electrons. The molecule has 0 heterocycles. The summed E-state index contributed by atoms with van der Waals surface area (Å²) in [4.78, 5) is 12.6. The predicted octanol–water partition coefficient (Wildman–Crippen LogP) is 3.88. The summed E-state index contributed by atoms with van der Waals surface area (Å²) >= 11 is 0. The number of nitriles is 1. The van der Waals surface area contributed by atoms with Crippen LogP contribution in [0.25, 0.3) is 0 Å². The number of anilines is 1. The van der Waals surface area contributed by atoms with E-state index in [2.05, 4.69) is 16.7 Å². The van der Waals surface area contributed by atoms with Gasteiger partial charge in [-0.15, -0.1) is 0 Å². The smallest absolute Gasteiger partial charge is 0.240 e. The van der Waals surface area contributed by atoms with Crippen molar-refractivity contribution in [2.45, 2.75) is 6.04 Å². The molecule has 0 bridgehead atoms. The molecular weight excluding hydrogens is 350 g/mol. The van der Waals surface area contributed by atoms with Gasteiger partial charge >= 0.3 is 0 Å². The number of carbonyl (C=O) groups excluding carboxylic acids is 1. The molecule has 3 rings (SSSR count). The summed E-state index contributed by atoms with van der Waals surface area (Å²) in [5, 5.41) is 15.0. The summed E-state index contributed by atoms with van der Waals surface area (Å²) in [5.41, 5.74) is 3.34. The number of methoxy groups -OCH3 is 1. The molecule has 2 N–H and O–H groups in total. The lowest BCUT2D eigenvalue weighted by atomic mass is 9.98. The van der Waals surface area contributed by atoms with Crippen molar-refractivity contribution < 1.29 is 9.53 Å². The number of hydrogen-bond acceptors (Lipinski definition) is 4. The van der Waals surface area contributed by atoms with Crippen molar-refractivity contribution >= 4 is 11.6 Å². The maximum atomic E-state index is 12.6. The molecule has 1 amide bonds. The van der Waals surface area contributed by atoms with Crippen molar-refractivity contribution in [2.24, 2.45) is 0 Å². The van der Waals surface area contributed by atoms with Crippen LogP contribution in [0.3, 0.4) is 0 Å². The topological polar surface area (TPSA) is 74.2 Å². The van der Waals surface area contributed by atoms with Gasteiger partial charge in [-0.3, -0.25) is 4.79 Å². The Bertz CT molecular complexity index is 946. The van der Waals surface area contributed by atoms with Gasteiger partial charge in [-0.2, -0.15) is 5.26 Å². The van der Waals surface area contributed by atoms with Gasteiger partial charge in [0.1, 0.15) is 5.75 Å². The van der Waals surface area contributed by atoms with Gasteiger partial charge in [0.15, 0.2) is 0 Å². The summed E-state index contributed by atoms with van der Waals surface area (Å²) in [6.07, 6.45) is 0. The van der Waals surface area contributed by atoms with Gasteiger partial charge in [0, 0.05) is 5.69 Å². The SMILES string of the molecule is COc1ccc(C(NC(=O)CNc2ccc(C#N)cc2)c2ccccc2)cc1. The standard InChI is InChI=1S/C23H21N3O2/c1-28-21-13-9-19(10-14-21)23(18-5-3-2-4-6-18)26-22(27)16-25-20-11-7-17(15-24)8-12-20/h2-14,23,25H,16H2,1H3,(H,26,27). The van der Waals surface area contributed by atoms with Crippen molar-refractivity contribution in [1.29, 1.82) is 5.26 Å². The Balaban J connectivity index is 1.71. The van der Waals surface area contributed by atoms with E-state index >= 15 is 0 Å². The fourth-order valence-electron chi connectivity index (χ4n) is 2.86. The molecule has 3 aromatic carbocycles. The van der Waals surface area contributed by atoms with Crippen LogP contribution in [0.2, 0.25) is 0 Å². The Morgan fingerprint density at radius 1 is 0.964 bits per heavy atom. The summed E-state index contributed by atoms with van der Waals surface area (Å²) in [7, 11) is 1.63. The van der Waals surface area contributed by atoms with E-state index in [4.69, 9.17) is 10.00 Å². The first-order valence-electron chi connectivity index (χ1n) is 8.92. The molecule has 5 nitrogen and oxygen atoms in total. The van der Waals surface area contributed by atoms with Gasteiger partial charge in [-0.05, 0) is 47.5 Å². The number of hydrogen-bond donors (Lipinski definition) is 2. The zero-order chi connectivity index (χ0) is 19.8. The quantitative estimate of drug-likeness (QED) is 0.661. The lowest BCUT2D eigenvalue weighted by Crippen LogP contribution is -2.33. The number of ether oxygens (including phenoxy) is 1. The third-order valence-corrected chi connectivity index (χ3v) is 4.35. The van der Waals surface area contributed by atoms with Gasteiger partial charge in [0.05, 0.1) is 31.3 Å². The van der Waals surface area contributed by atoms with Crippen molar-refractivity contribution in [1.82, 2.24) is 5.32 Å². The van der Waals surface area contributed by atoms with E-state index in [1.165, 1.54) is 0 Å². The monoisotopic (exact) mass is 371 g/mol. The maximum absolute atomic E-state index is 12.6. The third-order valence-electron chi connectivity index (χ3n) is 4.35. The molecule has 28 heavy (non-hydrogen) atoms. The Labute approximate surface area is 164 Å². The van der Waals surface area contributed by atoms with Crippen LogP contribution in [0.5, 0.6) is 5.75 Å². The normalized spacial score (nSPS) is 11.1. The third kappa shape index (κ3) is 4.89. The van der Waals surface area contributed by atoms with Gasteiger partial charge < -0.3 is 15.4 Å². The van der Waals surface area contributed by atoms with Crippen LogP contribution in [-0.4, -0.2) is 19.6 Å². The Morgan fingerprint density at radius 2 is 1.61 bits per heavy atom. The first kappa shape index (κ1) is 19.0. The average Bonchev–Trinajstić information content (AvgIpc) is 2.77. The van der Waals surface area contributed by atoms with Crippen LogP contribution < -0.4 is 15.4 Å². The first-order valence-corrected chi connectivity index (χ1v) is 8.92. The van der Waals surface area contributed by atoms with Crippen LogP contribution in [-0.2, 0) is 4.79 Å². The summed E-state index contributed by atoms with van der Waals surface area (Å²) in [6, 6.07) is 26.3. The van der Waals surface area contributed by atoms with E-state index < -0.39 is 0 Å². The number of benzene rings is 3. The number of rotatable bonds is 7. The lowest BCUT2D eigenvalue weighted by molar-refractivity contribution is -0.119. The summed E-state index contributed by atoms with van der Waals surface area (Å²) < 4.78 is 5.22. The fraction of sp³-hybridized carbons (Fsp3) is 0.130. The van der Waals surface area contributed by atoms with Crippen LogP contribution >= 0.6 is 0 Å². The summed E-state index contributed by atoms with van der Waals surface area (Å²) in [6.45, 7) is 0.130. The number of amides is 1. The van der Waals surface area contributed by atoms with Crippen LogP contribution in [0, 0.1) is 11.3 Å². The molecule has 0 aromatic heterocycles. The Morgan fingerprint density at radius 3 is 2.21 bits per heavy atom. The number of carbonyl (C=O) groups is 1. The number of nitrogens with one attached hydrogen (secondary N) is 2. The molecule has 0 saturated carbocycles. The summed E-state index contributed by atoms with van der Waals surface area (Å²) in [5.74, 6) is 0.637. The molecule has 0 aliphatic carbocycles. The molecule has 0 fully saturated rings. The molecule has 0 aliphatic heterocycles. The van der Waals surface area contributed by atoms with E-state index in [0.29, 0.717) is 5.56 Å². The van der Waals surface area contributed by atoms with Gasteiger partial charge in [0.2, 0.25) is 5.91 Å². The molecule has 0 spiro atoms. The Hall–Kier alpha value is -3.78. The Kier molecular flexibility index (Phi) is 6.27. The van der Waals surface area contributed by atoms with E-state index in [1.54, 1.807) is 31.4 Å². The second kappa shape index (κ2) is 9.24. The van der Waals surface area contributed by atoms with Crippen molar-refractivity contribution in [3.05, 3.63) is 95.6 Å². The molecule has 0 aliphatic rings. The predicted molar refractivity (Wildman–Crippen MR) is 109 cm³/mol. The van der Waals surface area contributed by atoms with Crippen LogP contribution in [0.15, 0.2) is 78.9 Å². The minimum Gasteiger partial charge on any atom is -0.497 e. The molecule has 1 atom stereocenters. The zero-order valence-corrected chi connectivity index (χ0v) is 15.6. The lowest BCUT2D eigenvalue weighted by Gasteiger charge is -2.20.